The average Bonchev–Trinajstić information content (AvgIpc) is 2.34. The Labute approximate surface area is 66.1 Å². The largest absolute Gasteiger partial charge is 0.341 e. The van der Waals surface area contributed by atoms with Gasteiger partial charge in [-0.15, -0.1) is 0 Å². The molecule has 0 aliphatic carbocycles. The van der Waals surface area contributed by atoms with E-state index in [0.717, 1.165) is 18.4 Å². The number of rotatable bonds is 3. The maximum atomic E-state index is 10.4. The summed E-state index contributed by atoms with van der Waals surface area (Å²) in [5, 5.41) is 0. The van der Waals surface area contributed by atoms with Gasteiger partial charge in [0, 0.05) is 12.7 Å². The molecule has 0 aromatic carbocycles. The molecule has 0 bridgehead atoms. The number of nitrogens with zero attached hydrogens (tertiary/aromatic N) is 1. The third kappa shape index (κ3) is 1.80. The van der Waals surface area contributed by atoms with Crippen LogP contribution in [0.25, 0.3) is 0 Å². The molecule has 2 nitrogen and oxygen atoms in total. The molecule has 1 heterocycles. The molecule has 0 amide bonds. The number of aromatic nitrogens is 1. The van der Waals surface area contributed by atoms with Gasteiger partial charge < -0.3 is 4.57 Å². The lowest BCUT2D eigenvalue weighted by Crippen LogP contribution is -2.00. The van der Waals surface area contributed by atoms with Gasteiger partial charge in [-0.2, -0.15) is 0 Å². The van der Waals surface area contributed by atoms with Gasteiger partial charge in [-0.1, -0.05) is 12.2 Å². The molecule has 0 fully saturated rings. The molecule has 0 saturated heterocycles. The standard InChI is InChI=1S/C9H11NO/c1-8(2)6-10-5-3-4-9(10)7-11/h3-5,7H,1,6H2,2H3. The Kier molecular flexibility index (Phi) is 2.26. The maximum Gasteiger partial charge on any atom is 0.166 e. The molecular weight excluding hydrogens is 138 g/mol. The van der Waals surface area contributed by atoms with Crippen LogP contribution in [0.2, 0.25) is 0 Å². The minimum Gasteiger partial charge on any atom is -0.341 e. The summed E-state index contributed by atoms with van der Waals surface area (Å²) in [7, 11) is 0. The van der Waals surface area contributed by atoms with E-state index in [4.69, 9.17) is 0 Å². The zero-order valence-electron chi connectivity index (χ0n) is 6.58. The molecule has 1 rings (SSSR count). The third-order valence-corrected chi connectivity index (χ3v) is 1.43. The van der Waals surface area contributed by atoms with Crippen LogP contribution in [0.15, 0.2) is 30.5 Å². The van der Waals surface area contributed by atoms with Gasteiger partial charge in [0.05, 0.1) is 5.69 Å². The van der Waals surface area contributed by atoms with Crippen LogP contribution in [0.4, 0.5) is 0 Å². The summed E-state index contributed by atoms with van der Waals surface area (Å²) in [5.74, 6) is 0. The molecule has 0 spiro atoms. The van der Waals surface area contributed by atoms with Crippen LogP contribution in [0.3, 0.4) is 0 Å². The fraction of sp³-hybridized carbons (Fsp3) is 0.222. The van der Waals surface area contributed by atoms with Gasteiger partial charge in [0.15, 0.2) is 6.29 Å². The van der Waals surface area contributed by atoms with Crippen LogP contribution in [0.1, 0.15) is 17.4 Å². The van der Waals surface area contributed by atoms with E-state index in [2.05, 4.69) is 6.58 Å². The summed E-state index contributed by atoms with van der Waals surface area (Å²) in [6, 6.07) is 3.64. The number of allylic oxidation sites excluding steroid dienone is 1. The van der Waals surface area contributed by atoms with Crippen molar-refractivity contribution in [2.75, 3.05) is 0 Å². The van der Waals surface area contributed by atoms with E-state index in [0.29, 0.717) is 5.69 Å². The van der Waals surface area contributed by atoms with Gasteiger partial charge in [-0.05, 0) is 19.1 Å². The van der Waals surface area contributed by atoms with Crippen LogP contribution < -0.4 is 0 Å². The summed E-state index contributed by atoms with van der Waals surface area (Å²) < 4.78 is 1.87. The first-order valence-electron chi connectivity index (χ1n) is 3.48. The first kappa shape index (κ1) is 7.79. The van der Waals surface area contributed by atoms with Gasteiger partial charge in [-0.25, -0.2) is 0 Å². The number of carbonyl (C=O) groups excluding carboxylic acids is 1. The molecule has 0 atom stereocenters. The van der Waals surface area contributed by atoms with Crippen LogP contribution >= 0.6 is 0 Å². The van der Waals surface area contributed by atoms with E-state index in [1.54, 1.807) is 6.07 Å². The molecule has 58 valence electrons. The van der Waals surface area contributed by atoms with Crippen molar-refractivity contribution in [2.45, 2.75) is 13.5 Å². The normalized spacial score (nSPS) is 9.55. The molecule has 1 aromatic heterocycles. The Bertz CT molecular complexity index is 273. The van der Waals surface area contributed by atoms with E-state index >= 15 is 0 Å². The number of hydrogen-bond donors (Lipinski definition) is 0. The Morgan fingerprint density at radius 2 is 2.55 bits per heavy atom. The second-order valence-corrected chi connectivity index (χ2v) is 2.64. The van der Waals surface area contributed by atoms with E-state index in [9.17, 15) is 4.79 Å². The van der Waals surface area contributed by atoms with Crippen molar-refractivity contribution in [3.8, 4) is 0 Å². The van der Waals surface area contributed by atoms with Crippen molar-refractivity contribution in [3.05, 3.63) is 36.2 Å². The Hall–Kier alpha value is -1.31. The van der Waals surface area contributed by atoms with Crippen molar-refractivity contribution in [2.24, 2.45) is 0 Å². The predicted molar refractivity (Wildman–Crippen MR) is 44.6 cm³/mol. The minimum absolute atomic E-state index is 0.702. The average molecular weight is 149 g/mol. The van der Waals surface area contributed by atoms with E-state index in [-0.39, 0.29) is 0 Å². The van der Waals surface area contributed by atoms with Crippen molar-refractivity contribution in [1.82, 2.24) is 4.57 Å². The highest BCUT2D eigenvalue weighted by molar-refractivity contribution is 5.72. The highest BCUT2D eigenvalue weighted by Gasteiger charge is 1.97. The molecule has 0 radical (unpaired) electrons. The van der Waals surface area contributed by atoms with Gasteiger partial charge >= 0.3 is 0 Å². The fourth-order valence-electron chi connectivity index (χ4n) is 0.969. The summed E-state index contributed by atoms with van der Waals surface area (Å²) in [6.07, 6.45) is 2.72. The van der Waals surface area contributed by atoms with E-state index in [1.165, 1.54) is 0 Å². The molecule has 0 N–H and O–H groups in total. The van der Waals surface area contributed by atoms with Crippen molar-refractivity contribution >= 4 is 6.29 Å². The third-order valence-electron chi connectivity index (χ3n) is 1.43. The lowest BCUT2D eigenvalue weighted by molar-refractivity contribution is 0.111. The van der Waals surface area contributed by atoms with Crippen molar-refractivity contribution < 1.29 is 4.79 Å². The molecule has 2 heteroatoms. The van der Waals surface area contributed by atoms with E-state index < -0.39 is 0 Å². The highest BCUT2D eigenvalue weighted by atomic mass is 16.1. The van der Waals surface area contributed by atoms with Gasteiger partial charge in [0.25, 0.3) is 0 Å². The molecule has 11 heavy (non-hydrogen) atoms. The Balaban J connectivity index is 2.84. The quantitative estimate of drug-likeness (QED) is 0.475. The number of aldehydes is 1. The van der Waals surface area contributed by atoms with Crippen LogP contribution in [0, 0.1) is 0 Å². The van der Waals surface area contributed by atoms with Gasteiger partial charge in [0.2, 0.25) is 0 Å². The van der Waals surface area contributed by atoms with Crippen molar-refractivity contribution in [1.29, 1.82) is 0 Å². The van der Waals surface area contributed by atoms with E-state index in [1.807, 2.05) is 23.8 Å². The Morgan fingerprint density at radius 3 is 3.09 bits per heavy atom. The minimum atomic E-state index is 0.702. The molecular formula is C9H11NO. The lowest BCUT2D eigenvalue weighted by atomic mass is 10.3. The maximum absolute atomic E-state index is 10.4. The zero-order chi connectivity index (χ0) is 8.27. The second-order valence-electron chi connectivity index (χ2n) is 2.64. The fourth-order valence-corrected chi connectivity index (χ4v) is 0.969. The summed E-state index contributed by atoms with van der Waals surface area (Å²) in [5.41, 5.74) is 1.75. The summed E-state index contributed by atoms with van der Waals surface area (Å²) in [6.45, 7) is 6.43. The van der Waals surface area contributed by atoms with Crippen LogP contribution in [0.5, 0.6) is 0 Å². The second kappa shape index (κ2) is 3.19. The monoisotopic (exact) mass is 149 g/mol. The summed E-state index contributed by atoms with van der Waals surface area (Å²) in [4.78, 5) is 10.4. The molecule has 0 aliphatic heterocycles. The molecule has 0 unspecified atom stereocenters. The lowest BCUT2D eigenvalue weighted by Gasteiger charge is -2.02. The number of carbonyl (C=O) groups is 1. The summed E-state index contributed by atoms with van der Waals surface area (Å²) >= 11 is 0. The molecule has 0 saturated carbocycles. The topological polar surface area (TPSA) is 22.0 Å². The van der Waals surface area contributed by atoms with Crippen LogP contribution in [-0.2, 0) is 6.54 Å². The zero-order valence-corrected chi connectivity index (χ0v) is 6.58. The Morgan fingerprint density at radius 1 is 1.82 bits per heavy atom. The highest BCUT2D eigenvalue weighted by Crippen LogP contribution is 2.02. The predicted octanol–water partition coefficient (Wildman–Crippen LogP) is 1.88. The number of hydrogen-bond acceptors (Lipinski definition) is 1. The first-order chi connectivity index (χ1) is 5.24. The first-order valence-corrected chi connectivity index (χ1v) is 3.48. The van der Waals surface area contributed by atoms with Crippen molar-refractivity contribution in [3.63, 3.8) is 0 Å². The van der Waals surface area contributed by atoms with Gasteiger partial charge in [0.1, 0.15) is 0 Å². The van der Waals surface area contributed by atoms with Crippen LogP contribution in [-0.4, -0.2) is 10.9 Å². The molecule has 1 aromatic rings. The molecule has 0 aliphatic rings. The SMILES string of the molecule is C=C(C)Cn1cccc1C=O. The smallest absolute Gasteiger partial charge is 0.166 e. The van der Waals surface area contributed by atoms with Gasteiger partial charge in [-0.3, -0.25) is 4.79 Å².